The highest BCUT2D eigenvalue weighted by Gasteiger charge is 2.27. The summed E-state index contributed by atoms with van der Waals surface area (Å²) in [5.41, 5.74) is 0.991. The predicted octanol–water partition coefficient (Wildman–Crippen LogP) is 4.61. The first-order chi connectivity index (χ1) is 7.79. The van der Waals surface area contributed by atoms with Crippen LogP contribution in [0.4, 0.5) is 13.2 Å². The molecule has 0 aromatic carbocycles. The van der Waals surface area contributed by atoms with Crippen LogP contribution < -0.4 is 0 Å². The van der Waals surface area contributed by atoms with Crippen molar-refractivity contribution in [2.75, 3.05) is 13.2 Å². The fourth-order valence-corrected chi connectivity index (χ4v) is 2.86. The van der Waals surface area contributed by atoms with Gasteiger partial charge in [0.25, 0.3) is 0 Å². The first kappa shape index (κ1) is 14.8. The van der Waals surface area contributed by atoms with Crippen LogP contribution >= 0.6 is 22.9 Å². The van der Waals surface area contributed by atoms with Gasteiger partial charge in [0.15, 0.2) is 0 Å². The van der Waals surface area contributed by atoms with Crippen molar-refractivity contribution in [1.29, 1.82) is 0 Å². The molecule has 0 bridgehead atoms. The third-order valence-corrected chi connectivity index (χ3v) is 3.63. The molecule has 1 aromatic rings. The molecular formula is C11H14ClF3OS. The Morgan fingerprint density at radius 3 is 2.53 bits per heavy atom. The van der Waals surface area contributed by atoms with E-state index in [0.29, 0.717) is 6.42 Å². The lowest BCUT2D eigenvalue weighted by Crippen LogP contribution is -2.17. The predicted molar refractivity (Wildman–Crippen MR) is 63.9 cm³/mol. The maximum absolute atomic E-state index is 11.8. The van der Waals surface area contributed by atoms with Crippen LogP contribution in [0.2, 0.25) is 0 Å². The van der Waals surface area contributed by atoms with Crippen molar-refractivity contribution in [2.45, 2.75) is 31.8 Å². The first-order valence-electron chi connectivity index (χ1n) is 5.15. The fourth-order valence-electron chi connectivity index (χ4n) is 1.49. The molecule has 0 saturated heterocycles. The summed E-state index contributed by atoms with van der Waals surface area (Å²) in [6.45, 7) is 2.74. The average molecular weight is 287 g/mol. The molecule has 0 amide bonds. The highest BCUT2D eigenvalue weighted by atomic mass is 35.5. The van der Waals surface area contributed by atoms with Gasteiger partial charge in [0.2, 0.25) is 0 Å². The van der Waals surface area contributed by atoms with Crippen molar-refractivity contribution in [2.24, 2.45) is 0 Å². The second-order valence-corrected chi connectivity index (χ2v) is 5.78. The number of hydrogen-bond donors (Lipinski definition) is 0. The minimum absolute atomic E-state index is 0.0159. The van der Waals surface area contributed by atoms with E-state index in [2.05, 4.69) is 4.74 Å². The zero-order valence-electron chi connectivity index (χ0n) is 9.60. The minimum atomic E-state index is -4.27. The summed E-state index contributed by atoms with van der Waals surface area (Å²) in [6, 6.07) is 1.97. The van der Waals surface area contributed by atoms with Gasteiger partial charge in [-0.2, -0.15) is 13.2 Å². The third-order valence-electron chi connectivity index (χ3n) is 2.20. The Hall–Kier alpha value is -0.260. The lowest BCUT2D eigenvalue weighted by atomic mass is 10.1. The minimum Gasteiger partial charge on any atom is -0.372 e. The van der Waals surface area contributed by atoms with Crippen LogP contribution in [-0.2, 0) is 4.74 Å². The average Bonchev–Trinajstić information content (AvgIpc) is 2.51. The Morgan fingerprint density at radius 2 is 2.06 bits per heavy atom. The molecule has 0 aliphatic heterocycles. The van der Waals surface area contributed by atoms with Gasteiger partial charge in [0.1, 0.15) is 6.61 Å². The van der Waals surface area contributed by atoms with Gasteiger partial charge in [-0.25, -0.2) is 0 Å². The highest BCUT2D eigenvalue weighted by Crippen LogP contribution is 2.32. The normalized spacial score (nSPS) is 14.0. The van der Waals surface area contributed by atoms with Crippen LogP contribution in [0.5, 0.6) is 0 Å². The van der Waals surface area contributed by atoms with E-state index in [1.165, 1.54) is 0 Å². The maximum atomic E-state index is 11.8. The summed E-state index contributed by atoms with van der Waals surface area (Å²) in [4.78, 5) is 2.26. The summed E-state index contributed by atoms with van der Waals surface area (Å²) in [5.74, 6) is 0. The largest absolute Gasteiger partial charge is 0.411 e. The number of thiophene rings is 1. The van der Waals surface area contributed by atoms with Crippen LogP contribution in [0.25, 0.3) is 0 Å². The Bertz CT molecular complexity index is 362. The summed E-state index contributed by atoms with van der Waals surface area (Å²) in [6.07, 6.45) is -3.88. The molecule has 1 heterocycles. The number of hydrogen-bond acceptors (Lipinski definition) is 2. The van der Waals surface area contributed by atoms with Crippen LogP contribution in [0.3, 0.4) is 0 Å². The number of aryl methyl sites for hydroxylation is 2. The lowest BCUT2D eigenvalue weighted by Gasteiger charge is -2.11. The fraction of sp³-hybridized carbons (Fsp3) is 0.636. The molecule has 0 aliphatic carbocycles. The van der Waals surface area contributed by atoms with E-state index in [1.54, 1.807) is 11.3 Å². The van der Waals surface area contributed by atoms with Gasteiger partial charge < -0.3 is 4.74 Å². The highest BCUT2D eigenvalue weighted by molar-refractivity contribution is 7.12. The van der Waals surface area contributed by atoms with Crippen LogP contribution in [0.1, 0.15) is 27.1 Å². The summed E-state index contributed by atoms with van der Waals surface area (Å²) < 4.78 is 40.0. The monoisotopic (exact) mass is 286 g/mol. The molecule has 1 atom stereocenters. The quantitative estimate of drug-likeness (QED) is 0.567. The molecular weight excluding hydrogens is 273 g/mol. The van der Waals surface area contributed by atoms with Gasteiger partial charge in [0.05, 0.1) is 5.38 Å². The standard InChI is InChI=1S/C11H14ClF3OS/c1-7-5-9(8(2)17-7)10(12)3-4-16-6-11(13,14)15/h5,10H,3-4,6H2,1-2H3. The molecule has 1 nitrogen and oxygen atoms in total. The van der Waals surface area contributed by atoms with Gasteiger partial charge >= 0.3 is 6.18 Å². The van der Waals surface area contributed by atoms with E-state index in [4.69, 9.17) is 11.6 Å². The van der Waals surface area contributed by atoms with Gasteiger partial charge in [-0.15, -0.1) is 22.9 Å². The molecule has 0 spiro atoms. The van der Waals surface area contributed by atoms with E-state index in [9.17, 15) is 13.2 Å². The van der Waals surface area contributed by atoms with Gasteiger partial charge in [-0.05, 0) is 31.9 Å². The van der Waals surface area contributed by atoms with Crippen molar-refractivity contribution in [3.05, 3.63) is 21.4 Å². The van der Waals surface area contributed by atoms with E-state index in [0.717, 1.165) is 15.3 Å². The Balaban J connectivity index is 2.35. The van der Waals surface area contributed by atoms with E-state index < -0.39 is 12.8 Å². The zero-order chi connectivity index (χ0) is 13.1. The Morgan fingerprint density at radius 1 is 1.41 bits per heavy atom. The number of ether oxygens (including phenoxy) is 1. The molecule has 98 valence electrons. The molecule has 6 heteroatoms. The van der Waals surface area contributed by atoms with Gasteiger partial charge in [-0.3, -0.25) is 0 Å². The molecule has 0 N–H and O–H groups in total. The topological polar surface area (TPSA) is 9.23 Å². The van der Waals surface area contributed by atoms with Crippen molar-refractivity contribution in [1.82, 2.24) is 0 Å². The van der Waals surface area contributed by atoms with Crippen molar-refractivity contribution >= 4 is 22.9 Å². The molecule has 0 fully saturated rings. The summed E-state index contributed by atoms with van der Waals surface area (Å²) in [5, 5.41) is -0.284. The van der Waals surface area contributed by atoms with Gasteiger partial charge in [0, 0.05) is 16.4 Å². The summed E-state index contributed by atoms with van der Waals surface area (Å²) in [7, 11) is 0. The molecule has 0 saturated carbocycles. The van der Waals surface area contributed by atoms with E-state index in [1.807, 2.05) is 19.9 Å². The smallest absolute Gasteiger partial charge is 0.372 e. The van der Waals surface area contributed by atoms with Crippen LogP contribution in [0.15, 0.2) is 6.07 Å². The van der Waals surface area contributed by atoms with E-state index >= 15 is 0 Å². The molecule has 1 unspecified atom stereocenters. The zero-order valence-corrected chi connectivity index (χ0v) is 11.2. The summed E-state index contributed by atoms with van der Waals surface area (Å²) >= 11 is 7.76. The Kier molecular flexibility index (Phi) is 5.28. The van der Waals surface area contributed by atoms with Crippen molar-refractivity contribution in [3.8, 4) is 0 Å². The third kappa shape index (κ3) is 5.27. The van der Waals surface area contributed by atoms with Crippen molar-refractivity contribution < 1.29 is 17.9 Å². The molecule has 0 radical (unpaired) electrons. The van der Waals surface area contributed by atoms with E-state index in [-0.39, 0.29) is 12.0 Å². The van der Waals surface area contributed by atoms with Crippen molar-refractivity contribution in [3.63, 3.8) is 0 Å². The maximum Gasteiger partial charge on any atom is 0.411 e. The lowest BCUT2D eigenvalue weighted by molar-refractivity contribution is -0.174. The number of halogens is 4. The molecule has 0 aliphatic rings. The number of alkyl halides is 4. The molecule has 17 heavy (non-hydrogen) atoms. The van der Waals surface area contributed by atoms with Gasteiger partial charge in [-0.1, -0.05) is 0 Å². The molecule has 1 rings (SSSR count). The van der Waals surface area contributed by atoms with Crippen LogP contribution in [0, 0.1) is 13.8 Å². The van der Waals surface area contributed by atoms with Crippen LogP contribution in [-0.4, -0.2) is 19.4 Å². The number of rotatable bonds is 5. The Labute approximate surface area is 108 Å². The second kappa shape index (κ2) is 6.07. The molecule has 1 aromatic heterocycles. The first-order valence-corrected chi connectivity index (χ1v) is 6.40. The SMILES string of the molecule is Cc1cc(C(Cl)CCOCC(F)(F)F)c(C)s1. The second-order valence-electron chi connectivity index (χ2n) is 3.79.